The Labute approximate surface area is 176 Å². The van der Waals surface area contributed by atoms with Crippen molar-refractivity contribution in [2.24, 2.45) is 0 Å². The van der Waals surface area contributed by atoms with Crippen LogP contribution in [0.1, 0.15) is 18.7 Å². The zero-order valence-corrected chi connectivity index (χ0v) is 16.3. The third-order valence-electron chi connectivity index (χ3n) is 4.92. The number of hydrogen-bond acceptors (Lipinski definition) is 6. The van der Waals surface area contributed by atoms with E-state index >= 15 is 0 Å². The van der Waals surface area contributed by atoms with Crippen LogP contribution in [-0.4, -0.2) is 24.9 Å². The molecule has 0 saturated carbocycles. The number of aromatic nitrogens is 5. The predicted octanol–water partition coefficient (Wildman–Crippen LogP) is 3.84. The molecule has 0 aliphatic carbocycles. The first-order valence-corrected chi connectivity index (χ1v) is 9.54. The fraction of sp³-hybridized carbons (Fsp3) is 0.0870. The van der Waals surface area contributed by atoms with Gasteiger partial charge in [-0.15, -0.1) is 0 Å². The number of H-pyrrole nitrogens is 1. The summed E-state index contributed by atoms with van der Waals surface area (Å²) in [7, 11) is 0. The minimum absolute atomic E-state index is 0.195. The number of hydrogen-bond donors (Lipinski definition) is 2. The summed E-state index contributed by atoms with van der Waals surface area (Å²) in [5.41, 5.74) is 2.81. The van der Waals surface area contributed by atoms with E-state index in [1.54, 1.807) is 12.4 Å². The Morgan fingerprint density at radius 2 is 2.03 bits per heavy atom. The van der Waals surface area contributed by atoms with E-state index in [4.69, 9.17) is 4.98 Å². The molecule has 1 aromatic carbocycles. The Morgan fingerprint density at radius 1 is 1.13 bits per heavy atom. The first-order valence-electron chi connectivity index (χ1n) is 9.54. The van der Waals surface area contributed by atoms with Gasteiger partial charge in [-0.05, 0) is 43.3 Å². The molecule has 31 heavy (non-hydrogen) atoms. The van der Waals surface area contributed by atoms with E-state index in [1.165, 1.54) is 18.5 Å². The quantitative estimate of drug-likeness (QED) is 0.467. The van der Waals surface area contributed by atoms with Gasteiger partial charge in [-0.1, -0.05) is 6.07 Å². The predicted molar refractivity (Wildman–Crippen MR) is 115 cm³/mol. The third kappa shape index (κ3) is 3.42. The van der Waals surface area contributed by atoms with Crippen LogP contribution in [0.2, 0.25) is 0 Å². The summed E-state index contributed by atoms with van der Waals surface area (Å²) in [5.74, 6) is -0.116. The molecule has 2 N–H and O–H groups in total. The average Bonchev–Trinajstić information content (AvgIpc) is 2.79. The molecule has 0 radical (unpaired) electrons. The van der Waals surface area contributed by atoms with E-state index in [9.17, 15) is 9.18 Å². The van der Waals surface area contributed by atoms with Gasteiger partial charge >= 0.3 is 0 Å². The summed E-state index contributed by atoms with van der Waals surface area (Å²) in [6.45, 7) is 1.90. The SMILES string of the molecule is CC(Nc1ncnc2[nH]ccc(=O)c12)c1nc2c#cc(F)cc2cc1-c1ccccn1. The van der Waals surface area contributed by atoms with Crippen LogP contribution in [0.4, 0.5) is 10.2 Å². The van der Waals surface area contributed by atoms with Gasteiger partial charge in [0.15, 0.2) is 11.2 Å². The lowest BCUT2D eigenvalue weighted by Crippen LogP contribution is -2.14. The van der Waals surface area contributed by atoms with Crippen LogP contribution in [0.3, 0.4) is 0 Å². The number of nitrogens with one attached hydrogen (secondary N) is 2. The van der Waals surface area contributed by atoms with Gasteiger partial charge in [-0.25, -0.2) is 15.0 Å². The second kappa shape index (κ2) is 7.46. The summed E-state index contributed by atoms with van der Waals surface area (Å²) >= 11 is 0. The molecule has 0 fully saturated rings. The topological polar surface area (TPSA) is 96.5 Å². The normalized spacial score (nSPS) is 11.9. The van der Waals surface area contributed by atoms with E-state index in [-0.39, 0.29) is 11.5 Å². The minimum Gasteiger partial charge on any atom is -0.361 e. The molecular formula is C23H15FN6O. The monoisotopic (exact) mass is 410 g/mol. The summed E-state index contributed by atoms with van der Waals surface area (Å²) < 4.78 is 13.7. The Hall–Kier alpha value is -4.38. The lowest BCUT2D eigenvalue weighted by Gasteiger charge is -2.18. The molecule has 0 aliphatic heterocycles. The number of aromatic amines is 1. The number of pyridine rings is 3. The van der Waals surface area contributed by atoms with Gasteiger partial charge in [0.2, 0.25) is 0 Å². The molecule has 150 valence electrons. The van der Waals surface area contributed by atoms with E-state index < -0.39 is 5.82 Å². The van der Waals surface area contributed by atoms with Gasteiger partial charge in [0.05, 0.1) is 17.4 Å². The van der Waals surface area contributed by atoms with Crippen molar-refractivity contribution in [2.45, 2.75) is 13.0 Å². The van der Waals surface area contributed by atoms with Crippen molar-refractivity contribution < 1.29 is 4.39 Å². The highest BCUT2D eigenvalue weighted by Gasteiger charge is 2.19. The molecule has 0 spiro atoms. The van der Waals surface area contributed by atoms with Crippen LogP contribution in [0, 0.1) is 17.9 Å². The summed E-state index contributed by atoms with van der Waals surface area (Å²) in [4.78, 5) is 32.9. The lowest BCUT2D eigenvalue weighted by atomic mass is 10.0. The van der Waals surface area contributed by atoms with Crippen LogP contribution < -0.4 is 10.7 Å². The molecule has 1 unspecified atom stereocenters. The highest BCUT2D eigenvalue weighted by molar-refractivity contribution is 5.87. The molecule has 0 bridgehead atoms. The van der Waals surface area contributed by atoms with Crippen molar-refractivity contribution in [2.75, 3.05) is 5.32 Å². The van der Waals surface area contributed by atoms with Gasteiger partial charge in [-0.3, -0.25) is 9.78 Å². The molecule has 5 aromatic rings. The average molecular weight is 410 g/mol. The maximum absolute atomic E-state index is 13.7. The zero-order valence-electron chi connectivity index (χ0n) is 16.3. The Kier molecular flexibility index (Phi) is 4.49. The van der Waals surface area contributed by atoms with Crippen molar-refractivity contribution in [3.05, 3.63) is 89.0 Å². The summed E-state index contributed by atoms with van der Waals surface area (Å²) in [6.07, 6.45) is 4.61. The Bertz CT molecular complexity index is 1460. The largest absolute Gasteiger partial charge is 0.361 e. The van der Waals surface area contributed by atoms with Crippen LogP contribution >= 0.6 is 0 Å². The van der Waals surface area contributed by atoms with E-state index in [0.29, 0.717) is 39.1 Å². The van der Waals surface area contributed by atoms with Gasteiger partial charge in [0, 0.05) is 29.4 Å². The standard InChI is InChI=1S/C23H15FN6O/c1-13(29-23-20-19(31)7-9-26-22(20)27-12-28-23)21-16(18-4-2-3-8-25-18)11-14-10-15(24)5-6-17(14)30-21/h2-4,7-13H,1H3,(H2,26,27,28,29,31). The molecule has 0 saturated heterocycles. The fourth-order valence-electron chi connectivity index (χ4n) is 3.49. The third-order valence-corrected chi connectivity index (χ3v) is 4.92. The summed E-state index contributed by atoms with van der Waals surface area (Å²) in [6, 6.07) is 15.0. The Balaban J connectivity index is 1.66. The minimum atomic E-state index is -0.508. The van der Waals surface area contributed by atoms with Crippen LogP contribution in [0.25, 0.3) is 33.2 Å². The number of fused-ring (bicyclic) bond motifs is 2. The van der Waals surface area contributed by atoms with Crippen molar-refractivity contribution >= 4 is 27.8 Å². The van der Waals surface area contributed by atoms with Crippen LogP contribution in [0.15, 0.2) is 59.9 Å². The first kappa shape index (κ1) is 18.6. The number of anilines is 1. The number of nitrogens with zero attached hydrogens (tertiary/aromatic N) is 4. The second-order valence-electron chi connectivity index (χ2n) is 6.97. The molecule has 0 amide bonds. The van der Waals surface area contributed by atoms with Crippen molar-refractivity contribution in [1.29, 1.82) is 0 Å². The van der Waals surface area contributed by atoms with Crippen molar-refractivity contribution in [1.82, 2.24) is 24.9 Å². The molecule has 1 atom stereocenters. The van der Waals surface area contributed by atoms with Crippen molar-refractivity contribution in [3.63, 3.8) is 0 Å². The molecule has 4 aromatic heterocycles. The van der Waals surface area contributed by atoms with Crippen LogP contribution in [-0.2, 0) is 0 Å². The maximum Gasteiger partial charge on any atom is 0.194 e. The molecule has 0 aliphatic rings. The van der Waals surface area contributed by atoms with Gasteiger partial charge < -0.3 is 10.3 Å². The van der Waals surface area contributed by atoms with Gasteiger partial charge in [-0.2, -0.15) is 4.39 Å². The first-order chi connectivity index (χ1) is 15.1. The highest BCUT2D eigenvalue weighted by atomic mass is 19.1. The lowest BCUT2D eigenvalue weighted by molar-refractivity contribution is 0.630. The molecular weight excluding hydrogens is 395 g/mol. The van der Waals surface area contributed by atoms with E-state index in [0.717, 1.165) is 5.56 Å². The number of halogens is 1. The molecule has 4 heterocycles. The molecule has 5 rings (SSSR count). The van der Waals surface area contributed by atoms with E-state index in [2.05, 4.69) is 37.4 Å². The molecule has 8 heteroatoms. The Morgan fingerprint density at radius 3 is 2.87 bits per heavy atom. The smallest absolute Gasteiger partial charge is 0.194 e. The van der Waals surface area contributed by atoms with Crippen molar-refractivity contribution in [3.8, 4) is 11.3 Å². The van der Waals surface area contributed by atoms with E-state index in [1.807, 2.05) is 31.2 Å². The zero-order chi connectivity index (χ0) is 21.4. The fourth-order valence-corrected chi connectivity index (χ4v) is 3.49. The van der Waals surface area contributed by atoms with Gasteiger partial charge in [0.1, 0.15) is 28.7 Å². The van der Waals surface area contributed by atoms with Crippen LogP contribution in [0.5, 0.6) is 0 Å². The van der Waals surface area contributed by atoms with Gasteiger partial charge in [0.25, 0.3) is 0 Å². The second-order valence-corrected chi connectivity index (χ2v) is 6.97. The summed E-state index contributed by atoms with van der Waals surface area (Å²) in [5, 5.41) is 4.22. The molecule has 7 nitrogen and oxygen atoms in total. The highest BCUT2D eigenvalue weighted by Crippen LogP contribution is 2.31. The number of rotatable bonds is 4. The maximum atomic E-state index is 13.7.